The minimum atomic E-state index is 0.485. The summed E-state index contributed by atoms with van der Waals surface area (Å²) in [6, 6.07) is 7.64. The molecule has 0 saturated carbocycles. The van der Waals surface area contributed by atoms with Crippen LogP contribution in [-0.2, 0) is 24.5 Å². The summed E-state index contributed by atoms with van der Waals surface area (Å²) in [6.45, 7) is 1.53. The van der Waals surface area contributed by atoms with Gasteiger partial charge in [-0.2, -0.15) is 0 Å². The van der Waals surface area contributed by atoms with Crippen molar-refractivity contribution in [3.63, 3.8) is 0 Å². The van der Waals surface area contributed by atoms with Crippen molar-refractivity contribution in [2.24, 2.45) is 5.73 Å². The fourth-order valence-electron chi connectivity index (χ4n) is 1.41. The van der Waals surface area contributed by atoms with Crippen LogP contribution in [0.4, 0.5) is 0 Å². The highest BCUT2D eigenvalue weighted by atomic mass is 35.5. The normalized spacial score (nSPS) is 10.7. The highest BCUT2D eigenvalue weighted by molar-refractivity contribution is 7.09. The molecular formula is C12H13ClN2OS. The van der Waals surface area contributed by atoms with Crippen molar-refractivity contribution in [3.05, 3.63) is 50.9 Å². The Labute approximate surface area is 109 Å². The number of nitrogens with two attached hydrogens (primary N) is 1. The Morgan fingerprint density at radius 2 is 2.24 bits per heavy atom. The molecule has 0 atom stereocenters. The molecule has 0 radical (unpaired) electrons. The number of aromatic nitrogens is 1. The summed E-state index contributed by atoms with van der Waals surface area (Å²) in [5.41, 5.74) is 7.48. The zero-order valence-corrected chi connectivity index (χ0v) is 10.8. The van der Waals surface area contributed by atoms with Gasteiger partial charge in [0.25, 0.3) is 0 Å². The Morgan fingerprint density at radius 1 is 1.35 bits per heavy atom. The van der Waals surface area contributed by atoms with Gasteiger partial charge < -0.3 is 10.5 Å². The van der Waals surface area contributed by atoms with Crippen molar-refractivity contribution in [2.45, 2.75) is 19.8 Å². The average Bonchev–Trinajstić information content (AvgIpc) is 2.77. The van der Waals surface area contributed by atoms with Gasteiger partial charge in [0.2, 0.25) is 0 Å². The summed E-state index contributed by atoms with van der Waals surface area (Å²) in [7, 11) is 0. The molecule has 1 aromatic carbocycles. The standard InChI is InChI=1S/C12H13ClN2OS/c13-10-3-1-2-9(4-10)6-16-7-11-8-17-12(5-14)15-11/h1-4,8H,5-7,14H2. The molecule has 1 heterocycles. The molecule has 2 rings (SSSR count). The van der Waals surface area contributed by atoms with E-state index < -0.39 is 0 Å². The molecule has 17 heavy (non-hydrogen) atoms. The number of benzene rings is 1. The van der Waals surface area contributed by atoms with E-state index in [4.69, 9.17) is 22.1 Å². The first-order valence-corrected chi connectivity index (χ1v) is 6.49. The summed E-state index contributed by atoms with van der Waals surface area (Å²) in [5, 5.41) is 3.64. The van der Waals surface area contributed by atoms with Gasteiger partial charge in [-0.1, -0.05) is 23.7 Å². The molecule has 0 unspecified atom stereocenters. The number of hydrogen-bond donors (Lipinski definition) is 1. The Morgan fingerprint density at radius 3 is 2.94 bits per heavy atom. The molecule has 0 fully saturated rings. The third-order valence-corrected chi connectivity index (χ3v) is 3.34. The lowest BCUT2D eigenvalue weighted by Crippen LogP contribution is -1.97. The van der Waals surface area contributed by atoms with Crippen LogP contribution in [0, 0.1) is 0 Å². The molecule has 0 aliphatic heterocycles. The molecule has 0 aliphatic carbocycles. The van der Waals surface area contributed by atoms with E-state index in [1.165, 1.54) is 0 Å². The molecule has 0 aliphatic rings. The van der Waals surface area contributed by atoms with Crippen molar-refractivity contribution in [1.82, 2.24) is 4.98 Å². The van der Waals surface area contributed by atoms with E-state index in [1.54, 1.807) is 11.3 Å². The van der Waals surface area contributed by atoms with E-state index >= 15 is 0 Å². The van der Waals surface area contributed by atoms with E-state index in [0.717, 1.165) is 21.3 Å². The lowest BCUT2D eigenvalue weighted by Gasteiger charge is -2.02. The second-order valence-electron chi connectivity index (χ2n) is 3.56. The maximum atomic E-state index is 5.88. The number of halogens is 1. The molecule has 90 valence electrons. The van der Waals surface area contributed by atoms with Crippen LogP contribution in [-0.4, -0.2) is 4.98 Å². The first-order chi connectivity index (χ1) is 8.28. The predicted octanol–water partition coefficient (Wildman–Crippen LogP) is 2.97. The number of rotatable bonds is 5. The van der Waals surface area contributed by atoms with Crippen LogP contribution in [0.1, 0.15) is 16.3 Å². The number of nitrogens with zero attached hydrogens (tertiary/aromatic N) is 1. The lowest BCUT2D eigenvalue weighted by molar-refractivity contribution is 0.105. The number of hydrogen-bond acceptors (Lipinski definition) is 4. The largest absolute Gasteiger partial charge is 0.370 e. The molecule has 0 saturated heterocycles. The first-order valence-electron chi connectivity index (χ1n) is 5.23. The van der Waals surface area contributed by atoms with Gasteiger partial charge in [0.05, 0.1) is 18.9 Å². The van der Waals surface area contributed by atoms with Gasteiger partial charge in [0.15, 0.2) is 0 Å². The van der Waals surface area contributed by atoms with Crippen LogP contribution in [0.3, 0.4) is 0 Å². The zero-order valence-electron chi connectivity index (χ0n) is 9.23. The summed E-state index contributed by atoms with van der Waals surface area (Å²) >= 11 is 7.44. The first kappa shape index (κ1) is 12.5. The summed E-state index contributed by atoms with van der Waals surface area (Å²) < 4.78 is 5.56. The van der Waals surface area contributed by atoms with Crippen molar-refractivity contribution in [2.75, 3.05) is 0 Å². The summed E-state index contributed by atoms with van der Waals surface area (Å²) in [5.74, 6) is 0. The van der Waals surface area contributed by atoms with Crippen LogP contribution in [0.15, 0.2) is 29.6 Å². The molecule has 0 bridgehead atoms. The van der Waals surface area contributed by atoms with Gasteiger partial charge in [-0.3, -0.25) is 0 Å². The van der Waals surface area contributed by atoms with Gasteiger partial charge in [-0.25, -0.2) is 4.98 Å². The zero-order chi connectivity index (χ0) is 12.1. The number of ether oxygens (including phenoxy) is 1. The quantitative estimate of drug-likeness (QED) is 0.907. The molecule has 2 N–H and O–H groups in total. The van der Waals surface area contributed by atoms with Gasteiger partial charge in [0, 0.05) is 16.9 Å². The Balaban J connectivity index is 1.83. The van der Waals surface area contributed by atoms with Crippen LogP contribution in [0.5, 0.6) is 0 Å². The number of thiazole rings is 1. The smallest absolute Gasteiger partial charge is 0.107 e. The minimum absolute atomic E-state index is 0.485. The second kappa shape index (κ2) is 6.12. The van der Waals surface area contributed by atoms with Gasteiger partial charge in [0.1, 0.15) is 5.01 Å². The monoisotopic (exact) mass is 268 g/mol. The van der Waals surface area contributed by atoms with Crippen LogP contribution in [0.25, 0.3) is 0 Å². The van der Waals surface area contributed by atoms with Crippen molar-refractivity contribution in [3.8, 4) is 0 Å². The van der Waals surface area contributed by atoms with E-state index in [-0.39, 0.29) is 0 Å². The van der Waals surface area contributed by atoms with Crippen LogP contribution >= 0.6 is 22.9 Å². The molecule has 1 aromatic heterocycles. The van der Waals surface area contributed by atoms with Gasteiger partial charge in [-0.15, -0.1) is 11.3 Å². The third-order valence-electron chi connectivity index (χ3n) is 2.18. The Bertz CT molecular complexity index is 487. The molecule has 3 nitrogen and oxygen atoms in total. The van der Waals surface area contributed by atoms with Gasteiger partial charge in [-0.05, 0) is 17.7 Å². The predicted molar refractivity (Wildman–Crippen MR) is 70.0 cm³/mol. The van der Waals surface area contributed by atoms with Crippen molar-refractivity contribution >= 4 is 22.9 Å². The molecule has 0 spiro atoms. The average molecular weight is 269 g/mol. The molecular weight excluding hydrogens is 256 g/mol. The fraction of sp³-hybridized carbons (Fsp3) is 0.250. The highest BCUT2D eigenvalue weighted by Crippen LogP contribution is 2.13. The maximum Gasteiger partial charge on any atom is 0.107 e. The lowest BCUT2D eigenvalue weighted by atomic mass is 10.2. The fourth-order valence-corrected chi connectivity index (χ4v) is 2.28. The second-order valence-corrected chi connectivity index (χ2v) is 4.94. The van der Waals surface area contributed by atoms with E-state index in [9.17, 15) is 0 Å². The van der Waals surface area contributed by atoms with Crippen LogP contribution in [0.2, 0.25) is 5.02 Å². The van der Waals surface area contributed by atoms with E-state index in [1.807, 2.05) is 29.6 Å². The Hall–Kier alpha value is -0.940. The Kier molecular flexibility index (Phi) is 4.50. The SMILES string of the molecule is NCc1nc(COCc2cccc(Cl)c2)cs1. The topological polar surface area (TPSA) is 48.1 Å². The maximum absolute atomic E-state index is 5.88. The van der Waals surface area contributed by atoms with E-state index in [2.05, 4.69) is 4.98 Å². The van der Waals surface area contributed by atoms with Crippen molar-refractivity contribution in [1.29, 1.82) is 0 Å². The van der Waals surface area contributed by atoms with Crippen molar-refractivity contribution < 1.29 is 4.74 Å². The van der Waals surface area contributed by atoms with E-state index in [0.29, 0.717) is 19.8 Å². The minimum Gasteiger partial charge on any atom is -0.370 e. The van der Waals surface area contributed by atoms with Crippen LogP contribution < -0.4 is 5.73 Å². The third kappa shape index (κ3) is 3.78. The summed E-state index contributed by atoms with van der Waals surface area (Å²) in [6.07, 6.45) is 0. The highest BCUT2D eigenvalue weighted by Gasteiger charge is 2.01. The summed E-state index contributed by atoms with van der Waals surface area (Å²) in [4.78, 5) is 4.32. The molecule has 0 amide bonds. The molecule has 5 heteroatoms. The van der Waals surface area contributed by atoms with Gasteiger partial charge >= 0.3 is 0 Å². The molecule has 2 aromatic rings.